The molecule has 9 rings (SSSR count). The van der Waals surface area contributed by atoms with E-state index in [0.29, 0.717) is 0 Å². The molecule has 0 aliphatic heterocycles. The zero-order valence-corrected chi connectivity index (χ0v) is 26.4. The molecule has 0 unspecified atom stereocenters. The van der Waals surface area contributed by atoms with Crippen LogP contribution in [0.15, 0.2) is 157 Å². The van der Waals surface area contributed by atoms with E-state index in [4.69, 9.17) is 4.98 Å². The first-order valence-corrected chi connectivity index (χ1v) is 16.6. The van der Waals surface area contributed by atoms with Crippen LogP contribution in [-0.2, 0) is 6.42 Å². The molecule has 0 saturated heterocycles. The Kier molecular flexibility index (Phi) is 6.60. The van der Waals surface area contributed by atoms with E-state index < -0.39 is 0 Å². The largest absolute Gasteiger partial charge is 0.292 e. The molecule has 6 aromatic carbocycles. The van der Waals surface area contributed by atoms with Crippen LogP contribution in [0.4, 0.5) is 0 Å². The van der Waals surface area contributed by atoms with Gasteiger partial charge in [-0.1, -0.05) is 145 Å². The Morgan fingerprint density at radius 3 is 2.21 bits per heavy atom. The Hall–Kier alpha value is -5.73. The molecule has 224 valence electrons. The lowest BCUT2D eigenvalue weighted by Crippen LogP contribution is -1.98. The van der Waals surface area contributed by atoms with Gasteiger partial charge in [0.2, 0.25) is 0 Å². The molecule has 8 aromatic rings. The Morgan fingerprint density at radius 2 is 1.36 bits per heavy atom. The minimum absolute atomic E-state index is 0.935. The van der Waals surface area contributed by atoms with Crippen LogP contribution < -0.4 is 0 Å². The van der Waals surface area contributed by atoms with Crippen LogP contribution in [0, 0.1) is 6.92 Å². The second kappa shape index (κ2) is 11.3. The van der Waals surface area contributed by atoms with Crippen molar-refractivity contribution in [1.29, 1.82) is 0 Å². The summed E-state index contributed by atoms with van der Waals surface area (Å²) in [5.41, 5.74) is 16.0. The fourth-order valence-corrected chi connectivity index (χ4v) is 7.50. The lowest BCUT2D eigenvalue weighted by molar-refractivity contribution is 0.912. The zero-order valence-electron chi connectivity index (χ0n) is 26.4. The molecule has 0 radical (unpaired) electrons. The van der Waals surface area contributed by atoms with E-state index in [2.05, 4.69) is 163 Å². The van der Waals surface area contributed by atoms with Crippen molar-refractivity contribution in [3.8, 4) is 33.4 Å². The van der Waals surface area contributed by atoms with Crippen molar-refractivity contribution in [2.45, 2.75) is 26.2 Å². The highest BCUT2D eigenvalue weighted by atomic mass is 15.0. The van der Waals surface area contributed by atoms with Crippen molar-refractivity contribution < 1.29 is 0 Å². The van der Waals surface area contributed by atoms with Crippen LogP contribution in [0.5, 0.6) is 0 Å². The average Bonchev–Trinajstić information content (AvgIpc) is 3.52. The van der Waals surface area contributed by atoms with Gasteiger partial charge in [-0.15, -0.1) is 0 Å². The number of aryl methyl sites for hydroxylation is 1. The van der Waals surface area contributed by atoms with Crippen LogP contribution in [-0.4, -0.2) is 9.38 Å². The normalized spacial score (nSPS) is 13.2. The zero-order chi connectivity index (χ0) is 31.3. The molecule has 0 fully saturated rings. The van der Waals surface area contributed by atoms with Gasteiger partial charge in [0.05, 0.1) is 16.6 Å². The molecule has 0 bridgehead atoms. The summed E-state index contributed by atoms with van der Waals surface area (Å²) in [5.74, 6) is 0. The Balaban J connectivity index is 1.22. The number of rotatable bonds is 5. The number of nitrogens with zero attached hydrogens (tertiary/aromatic N) is 2. The molecule has 0 saturated carbocycles. The van der Waals surface area contributed by atoms with Gasteiger partial charge < -0.3 is 0 Å². The predicted octanol–water partition coefficient (Wildman–Crippen LogP) is 11.9. The van der Waals surface area contributed by atoms with Gasteiger partial charge in [0, 0.05) is 10.8 Å². The number of hydrogen-bond acceptors (Lipinski definition) is 1. The van der Waals surface area contributed by atoms with Gasteiger partial charge in [-0.25, -0.2) is 4.98 Å². The third kappa shape index (κ3) is 4.76. The van der Waals surface area contributed by atoms with E-state index in [1.807, 2.05) is 0 Å². The molecule has 2 aromatic heterocycles. The standard InChI is InChI=1S/C45H34N2/c1-30-12-11-15-34(26-30)36-16-5-6-17-38(36)37-24-22-32(28-35(37)27-31-13-3-2-4-14-31)33-23-25-44-42(29-33)46-45-41-20-8-7-18-39(41)40-19-9-10-21-43(40)47(44)45/h2-3,5-13,15-26,28-29H,4,14,27H2,1H3. The first-order chi connectivity index (χ1) is 23.2. The fraction of sp³-hybridized carbons (Fsp3) is 0.0889. The number of hydrogen-bond donors (Lipinski definition) is 0. The van der Waals surface area contributed by atoms with E-state index in [0.717, 1.165) is 35.9 Å². The lowest BCUT2D eigenvalue weighted by atomic mass is 9.86. The van der Waals surface area contributed by atoms with E-state index in [9.17, 15) is 0 Å². The average molecular weight is 603 g/mol. The van der Waals surface area contributed by atoms with Crippen molar-refractivity contribution >= 4 is 38.4 Å². The first-order valence-electron chi connectivity index (χ1n) is 16.6. The topological polar surface area (TPSA) is 17.3 Å². The maximum Gasteiger partial charge on any atom is 0.146 e. The molecule has 47 heavy (non-hydrogen) atoms. The van der Waals surface area contributed by atoms with E-state index in [1.165, 1.54) is 71.8 Å². The summed E-state index contributed by atoms with van der Waals surface area (Å²) >= 11 is 0. The fourth-order valence-electron chi connectivity index (χ4n) is 7.50. The highest BCUT2D eigenvalue weighted by Gasteiger charge is 2.17. The third-order valence-corrected chi connectivity index (χ3v) is 9.76. The monoisotopic (exact) mass is 602 g/mol. The first kappa shape index (κ1) is 27.6. The summed E-state index contributed by atoms with van der Waals surface area (Å²) in [6.45, 7) is 2.17. The van der Waals surface area contributed by atoms with E-state index >= 15 is 0 Å². The Morgan fingerprint density at radius 1 is 0.596 bits per heavy atom. The number of allylic oxidation sites excluding steroid dienone is 4. The van der Waals surface area contributed by atoms with Crippen molar-refractivity contribution in [3.05, 3.63) is 168 Å². The summed E-state index contributed by atoms with van der Waals surface area (Å²) < 4.78 is 2.33. The molecule has 0 atom stereocenters. The van der Waals surface area contributed by atoms with Gasteiger partial charge in [-0.05, 0) is 88.7 Å². The smallest absolute Gasteiger partial charge is 0.146 e. The second-order valence-electron chi connectivity index (χ2n) is 12.8. The number of fused-ring (bicyclic) bond motifs is 8. The maximum absolute atomic E-state index is 5.26. The minimum Gasteiger partial charge on any atom is -0.292 e. The Bertz CT molecular complexity index is 2560. The van der Waals surface area contributed by atoms with Crippen molar-refractivity contribution in [2.75, 3.05) is 0 Å². The van der Waals surface area contributed by atoms with Gasteiger partial charge in [-0.2, -0.15) is 0 Å². The molecular weight excluding hydrogens is 569 g/mol. The van der Waals surface area contributed by atoms with Crippen LogP contribution in [0.1, 0.15) is 24.0 Å². The number of aromatic nitrogens is 2. The van der Waals surface area contributed by atoms with Crippen LogP contribution in [0.25, 0.3) is 71.7 Å². The highest BCUT2D eigenvalue weighted by molar-refractivity contribution is 6.13. The van der Waals surface area contributed by atoms with Crippen LogP contribution in [0.3, 0.4) is 0 Å². The van der Waals surface area contributed by atoms with Gasteiger partial charge >= 0.3 is 0 Å². The van der Waals surface area contributed by atoms with Crippen molar-refractivity contribution in [3.63, 3.8) is 0 Å². The number of benzene rings is 6. The molecule has 0 N–H and O–H groups in total. The quantitative estimate of drug-likeness (QED) is 0.179. The molecular formula is C45H34N2. The summed E-state index contributed by atoms with van der Waals surface area (Å²) in [6, 6.07) is 48.8. The van der Waals surface area contributed by atoms with Gasteiger partial charge in [0.15, 0.2) is 0 Å². The van der Waals surface area contributed by atoms with Gasteiger partial charge in [0.25, 0.3) is 0 Å². The minimum atomic E-state index is 0.935. The number of pyridine rings is 1. The van der Waals surface area contributed by atoms with E-state index in [1.54, 1.807) is 0 Å². The lowest BCUT2D eigenvalue weighted by Gasteiger charge is -2.18. The molecule has 2 heteroatoms. The molecule has 0 amide bonds. The van der Waals surface area contributed by atoms with Crippen molar-refractivity contribution in [2.24, 2.45) is 0 Å². The summed E-state index contributed by atoms with van der Waals surface area (Å²) in [6.07, 6.45) is 9.94. The molecule has 1 aliphatic rings. The maximum atomic E-state index is 5.26. The predicted molar refractivity (Wildman–Crippen MR) is 199 cm³/mol. The number of imidazole rings is 1. The Labute approximate surface area is 275 Å². The van der Waals surface area contributed by atoms with Crippen molar-refractivity contribution in [1.82, 2.24) is 9.38 Å². The molecule has 1 aliphatic carbocycles. The highest BCUT2D eigenvalue weighted by Crippen LogP contribution is 2.39. The number of para-hydroxylation sites is 1. The van der Waals surface area contributed by atoms with E-state index in [-0.39, 0.29) is 0 Å². The summed E-state index contributed by atoms with van der Waals surface area (Å²) in [7, 11) is 0. The summed E-state index contributed by atoms with van der Waals surface area (Å²) in [4.78, 5) is 5.26. The third-order valence-electron chi connectivity index (χ3n) is 9.76. The van der Waals surface area contributed by atoms with Gasteiger partial charge in [0.1, 0.15) is 5.65 Å². The SMILES string of the molecule is Cc1cccc(-c2ccccc2-c2ccc(-c3ccc4c(c3)nc3c5ccccc5c5ccccc5n43)cc2CC2=CC=CCC2)c1. The molecule has 2 heterocycles. The second-order valence-corrected chi connectivity index (χ2v) is 12.8. The van der Waals surface area contributed by atoms with Crippen LogP contribution >= 0.6 is 0 Å². The molecule has 2 nitrogen and oxygen atoms in total. The summed E-state index contributed by atoms with van der Waals surface area (Å²) in [5, 5.41) is 3.67. The van der Waals surface area contributed by atoms with Crippen LogP contribution in [0.2, 0.25) is 0 Å². The molecule has 0 spiro atoms. The van der Waals surface area contributed by atoms with Gasteiger partial charge in [-0.3, -0.25) is 4.40 Å².